The van der Waals surface area contributed by atoms with Gasteiger partial charge >= 0.3 is 5.97 Å². The molecule has 124 valence electrons. The minimum absolute atomic E-state index is 0.114. The van der Waals surface area contributed by atoms with Crippen LogP contribution in [0.15, 0.2) is 40.4 Å². The fraction of sp³-hybridized carbons (Fsp3) is 0.294. The highest BCUT2D eigenvalue weighted by Crippen LogP contribution is 2.22. The minimum Gasteiger partial charge on any atom is -0.477 e. The van der Waals surface area contributed by atoms with Gasteiger partial charge in [-0.15, -0.1) is 0 Å². The molecule has 3 rings (SSSR count). The Morgan fingerprint density at radius 1 is 1.46 bits per heavy atom. The second kappa shape index (κ2) is 6.27. The van der Waals surface area contributed by atoms with Crippen molar-refractivity contribution in [1.82, 2.24) is 9.55 Å². The fourth-order valence-electron chi connectivity index (χ4n) is 2.78. The Kier molecular flexibility index (Phi) is 4.16. The number of carboxylic acid groups (broad SMARTS) is 1. The van der Waals surface area contributed by atoms with Gasteiger partial charge in [-0.25, -0.2) is 9.78 Å². The van der Waals surface area contributed by atoms with E-state index in [0.29, 0.717) is 24.4 Å². The van der Waals surface area contributed by atoms with Gasteiger partial charge < -0.3 is 5.11 Å². The molecule has 1 aliphatic heterocycles. The van der Waals surface area contributed by atoms with Crippen molar-refractivity contribution in [2.45, 2.75) is 32.7 Å². The van der Waals surface area contributed by atoms with Crippen molar-refractivity contribution in [3.63, 3.8) is 0 Å². The van der Waals surface area contributed by atoms with Crippen LogP contribution in [0.2, 0.25) is 0 Å². The number of aryl methyl sites for hydroxylation is 1. The molecule has 2 N–H and O–H groups in total. The van der Waals surface area contributed by atoms with Crippen LogP contribution in [0.3, 0.4) is 0 Å². The van der Waals surface area contributed by atoms with E-state index in [1.165, 1.54) is 4.57 Å². The first-order valence-electron chi connectivity index (χ1n) is 7.72. The van der Waals surface area contributed by atoms with E-state index in [-0.39, 0.29) is 11.6 Å². The molecule has 0 radical (unpaired) electrons. The second-order valence-electron chi connectivity index (χ2n) is 5.90. The summed E-state index contributed by atoms with van der Waals surface area (Å²) in [6.07, 6.45) is 2.47. The summed E-state index contributed by atoms with van der Waals surface area (Å²) in [5, 5.41) is 13.5. The molecular formula is C17H18N4O3. The fourth-order valence-corrected chi connectivity index (χ4v) is 2.78. The molecule has 24 heavy (non-hydrogen) atoms. The van der Waals surface area contributed by atoms with Crippen molar-refractivity contribution in [2.24, 2.45) is 5.10 Å². The molecule has 0 spiro atoms. The van der Waals surface area contributed by atoms with Gasteiger partial charge in [0.15, 0.2) is 5.82 Å². The van der Waals surface area contributed by atoms with Crippen molar-refractivity contribution < 1.29 is 9.90 Å². The van der Waals surface area contributed by atoms with E-state index >= 15 is 0 Å². The van der Waals surface area contributed by atoms with Crippen molar-refractivity contribution >= 4 is 17.4 Å². The van der Waals surface area contributed by atoms with E-state index in [4.69, 9.17) is 5.11 Å². The zero-order chi connectivity index (χ0) is 17.3. The standard InChI is InChI=1S/C17H18N4O3/c1-10-4-3-5-12(8-10)19-20-14-7-6-11(2)21-15(14)18-9-13(16(21)22)17(23)24/h3-5,8-9,11,19H,6-7H2,1-2H3,(H,23,24). The SMILES string of the molecule is Cc1cccc(NN=C2CCC(C)n3c2ncc(C(=O)O)c3=O)c1. The predicted octanol–water partition coefficient (Wildman–Crippen LogP) is 2.42. The van der Waals surface area contributed by atoms with E-state index < -0.39 is 11.5 Å². The van der Waals surface area contributed by atoms with Gasteiger partial charge in [-0.2, -0.15) is 5.10 Å². The van der Waals surface area contributed by atoms with Gasteiger partial charge in [0, 0.05) is 12.2 Å². The molecule has 2 heterocycles. The number of hydrogen-bond acceptors (Lipinski definition) is 5. The van der Waals surface area contributed by atoms with E-state index in [9.17, 15) is 9.59 Å². The highest BCUT2D eigenvalue weighted by Gasteiger charge is 2.26. The van der Waals surface area contributed by atoms with Gasteiger partial charge in [-0.05, 0) is 44.4 Å². The molecule has 1 unspecified atom stereocenters. The number of fused-ring (bicyclic) bond motifs is 1. The lowest BCUT2D eigenvalue weighted by atomic mass is 10.0. The number of carboxylic acids is 1. The summed E-state index contributed by atoms with van der Waals surface area (Å²) >= 11 is 0. The minimum atomic E-state index is -1.27. The maximum atomic E-state index is 12.4. The molecule has 7 nitrogen and oxygen atoms in total. The Morgan fingerprint density at radius 3 is 2.96 bits per heavy atom. The Hall–Kier alpha value is -2.96. The summed E-state index contributed by atoms with van der Waals surface area (Å²) in [5.74, 6) is -0.846. The van der Waals surface area contributed by atoms with Crippen LogP contribution in [0.4, 0.5) is 5.69 Å². The van der Waals surface area contributed by atoms with E-state index in [0.717, 1.165) is 17.4 Å². The number of nitrogens with one attached hydrogen (secondary N) is 1. The first-order chi connectivity index (χ1) is 11.5. The lowest BCUT2D eigenvalue weighted by Crippen LogP contribution is -2.37. The summed E-state index contributed by atoms with van der Waals surface area (Å²) < 4.78 is 1.42. The molecule has 7 heteroatoms. The summed E-state index contributed by atoms with van der Waals surface area (Å²) in [7, 11) is 0. The Balaban J connectivity index is 2.00. The third-order valence-electron chi connectivity index (χ3n) is 4.06. The van der Waals surface area contributed by atoms with Crippen LogP contribution in [-0.4, -0.2) is 26.3 Å². The highest BCUT2D eigenvalue weighted by molar-refractivity contribution is 5.99. The average molecular weight is 326 g/mol. The zero-order valence-electron chi connectivity index (χ0n) is 13.5. The Bertz CT molecular complexity index is 886. The predicted molar refractivity (Wildman–Crippen MR) is 90.7 cm³/mol. The topological polar surface area (TPSA) is 96.6 Å². The molecule has 2 aromatic rings. The third kappa shape index (κ3) is 2.92. The van der Waals surface area contributed by atoms with Crippen molar-refractivity contribution in [2.75, 3.05) is 5.43 Å². The van der Waals surface area contributed by atoms with Crippen molar-refractivity contribution in [3.8, 4) is 0 Å². The van der Waals surface area contributed by atoms with Gasteiger partial charge in [0.05, 0.1) is 5.69 Å². The first kappa shape index (κ1) is 15.9. The van der Waals surface area contributed by atoms with Crippen LogP contribution in [0, 0.1) is 6.92 Å². The lowest BCUT2D eigenvalue weighted by Gasteiger charge is -2.25. The van der Waals surface area contributed by atoms with E-state index in [2.05, 4.69) is 15.5 Å². The van der Waals surface area contributed by atoms with Crippen LogP contribution < -0.4 is 11.0 Å². The normalized spacial score (nSPS) is 18.2. The van der Waals surface area contributed by atoms with E-state index in [1.54, 1.807) is 0 Å². The van der Waals surface area contributed by atoms with Crippen LogP contribution in [0.5, 0.6) is 0 Å². The van der Waals surface area contributed by atoms with Gasteiger partial charge in [0.1, 0.15) is 11.3 Å². The molecule has 1 aliphatic rings. The molecule has 0 aliphatic carbocycles. The van der Waals surface area contributed by atoms with Crippen molar-refractivity contribution in [3.05, 3.63) is 57.8 Å². The number of hydrazone groups is 1. The Morgan fingerprint density at radius 2 is 2.25 bits per heavy atom. The third-order valence-corrected chi connectivity index (χ3v) is 4.06. The molecule has 0 fully saturated rings. The van der Waals surface area contributed by atoms with Crippen LogP contribution in [0.25, 0.3) is 0 Å². The summed E-state index contributed by atoms with van der Waals surface area (Å²) in [4.78, 5) is 27.7. The quantitative estimate of drug-likeness (QED) is 0.844. The molecule has 1 aromatic carbocycles. The maximum Gasteiger partial charge on any atom is 0.342 e. The number of rotatable bonds is 3. The smallest absolute Gasteiger partial charge is 0.342 e. The second-order valence-corrected chi connectivity index (χ2v) is 5.90. The van der Waals surface area contributed by atoms with Crippen LogP contribution in [-0.2, 0) is 0 Å². The zero-order valence-corrected chi connectivity index (χ0v) is 13.5. The monoisotopic (exact) mass is 326 g/mol. The lowest BCUT2D eigenvalue weighted by molar-refractivity contribution is 0.0693. The summed E-state index contributed by atoms with van der Waals surface area (Å²) in [6.45, 7) is 3.87. The number of carbonyl (C=O) groups is 1. The van der Waals surface area contributed by atoms with Gasteiger partial charge in [-0.1, -0.05) is 12.1 Å². The number of nitrogens with zero attached hydrogens (tertiary/aromatic N) is 3. The summed E-state index contributed by atoms with van der Waals surface area (Å²) in [6, 6.07) is 7.67. The molecule has 0 bridgehead atoms. The molecule has 0 saturated heterocycles. The Labute approximate surface area is 138 Å². The van der Waals surface area contributed by atoms with Crippen LogP contribution in [0.1, 0.15) is 47.6 Å². The number of aromatic nitrogens is 2. The molecular weight excluding hydrogens is 308 g/mol. The van der Waals surface area contributed by atoms with Gasteiger partial charge in [0.2, 0.25) is 0 Å². The molecule has 0 amide bonds. The van der Waals surface area contributed by atoms with Gasteiger partial charge in [0.25, 0.3) is 5.56 Å². The summed E-state index contributed by atoms with van der Waals surface area (Å²) in [5.41, 5.74) is 4.72. The molecule has 1 aromatic heterocycles. The van der Waals surface area contributed by atoms with E-state index in [1.807, 2.05) is 38.1 Å². The number of anilines is 1. The number of benzene rings is 1. The molecule has 0 saturated carbocycles. The van der Waals surface area contributed by atoms with Gasteiger partial charge in [-0.3, -0.25) is 14.8 Å². The molecule has 1 atom stereocenters. The largest absolute Gasteiger partial charge is 0.477 e. The van der Waals surface area contributed by atoms with Crippen LogP contribution >= 0.6 is 0 Å². The number of aromatic carboxylic acids is 1. The number of hydrogen-bond donors (Lipinski definition) is 2. The highest BCUT2D eigenvalue weighted by atomic mass is 16.4. The maximum absolute atomic E-state index is 12.4. The first-order valence-corrected chi connectivity index (χ1v) is 7.72. The average Bonchev–Trinajstić information content (AvgIpc) is 2.54. The van der Waals surface area contributed by atoms with Crippen molar-refractivity contribution in [1.29, 1.82) is 0 Å².